The van der Waals surface area contributed by atoms with E-state index in [0.29, 0.717) is 11.6 Å². The van der Waals surface area contributed by atoms with Crippen LogP contribution in [0.25, 0.3) is 10.8 Å². The Labute approximate surface area is 135 Å². The van der Waals surface area contributed by atoms with Gasteiger partial charge < -0.3 is 4.52 Å². The van der Waals surface area contributed by atoms with E-state index in [1.807, 2.05) is 24.4 Å². The summed E-state index contributed by atoms with van der Waals surface area (Å²) in [6.07, 6.45) is 0.805. The van der Waals surface area contributed by atoms with Gasteiger partial charge in [0.25, 0.3) is 5.89 Å². The van der Waals surface area contributed by atoms with Gasteiger partial charge in [0.2, 0.25) is 0 Å². The molecule has 0 aliphatic heterocycles. The molecule has 3 aromatic heterocycles. The Morgan fingerprint density at radius 1 is 1.23 bits per heavy atom. The van der Waals surface area contributed by atoms with Crippen molar-refractivity contribution in [3.8, 4) is 10.8 Å². The van der Waals surface area contributed by atoms with Gasteiger partial charge in [-0.3, -0.25) is 0 Å². The summed E-state index contributed by atoms with van der Waals surface area (Å²) in [6.45, 7) is 1.99. The van der Waals surface area contributed by atoms with Crippen molar-refractivity contribution < 1.29 is 12.9 Å². The molecule has 0 spiro atoms. The minimum Gasteiger partial charge on any atom is -0.333 e. The highest BCUT2D eigenvalue weighted by Gasteiger charge is 2.19. The van der Waals surface area contributed by atoms with Crippen LogP contribution in [0.5, 0.6) is 0 Å². The zero-order chi connectivity index (χ0) is 15.6. The lowest BCUT2D eigenvalue weighted by atomic mass is 10.5. The zero-order valence-electron chi connectivity index (χ0n) is 11.7. The molecular formula is C13H13N3O3S3. The SMILES string of the molecule is CCc1nc(CS(=O)(=O)Cc2noc(-c3cccs3)n2)cs1. The summed E-state index contributed by atoms with van der Waals surface area (Å²) < 4.78 is 29.5. The highest BCUT2D eigenvalue weighted by atomic mass is 32.2. The molecule has 0 unspecified atom stereocenters. The van der Waals surface area contributed by atoms with E-state index < -0.39 is 9.84 Å². The van der Waals surface area contributed by atoms with Gasteiger partial charge in [-0.15, -0.1) is 22.7 Å². The van der Waals surface area contributed by atoms with E-state index in [2.05, 4.69) is 15.1 Å². The number of nitrogens with zero attached hydrogens (tertiary/aromatic N) is 3. The van der Waals surface area contributed by atoms with Crippen LogP contribution in [0, 0.1) is 0 Å². The van der Waals surface area contributed by atoms with E-state index in [0.717, 1.165) is 16.3 Å². The maximum atomic E-state index is 12.2. The first-order valence-electron chi connectivity index (χ1n) is 6.56. The molecule has 0 saturated carbocycles. The first-order valence-corrected chi connectivity index (χ1v) is 10.1. The number of rotatable bonds is 6. The third-order valence-corrected chi connectivity index (χ3v) is 6.15. The van der Waals surface area contributed by atoms with Gasteiger partial charge in [-0.25, -0.2) is 13.4 Å². The van der Waals surface area contributed by atoms with E-state index in [-0.39, 0.29) is 17.3 Å². The molecule has 3 aromatic rings. The van der Waals surface area contributed by atoms with Gasteiger partial charge >= 0.3 is 0 Å². The largest absolute Gasteiger partial charge is 0.333 e. The Morgan fingerprint density at radius 2 is 2.09 bits per heavy atom. The summed E-state index contributed by atoms with van der Waals surface area (Å²) in [4.78, 5) is 9.24. The average molecular weight is 355 g/mol. The Kier molecular flexibility index (Phi) is 4.37. The lowest BCUT2D eigenvalue weighted by Crippen LogP contribution is -2.09. The van der Waals surface area contributed by atoms with Gasteiger partial charge in [-0.1, -0.05) is 18.1 Å². The lowest BCUT2D eigenvalue weighted by Gasteiger charge is -1.98. The first kappa shape index (κ1) is 15.3. The molecule has 22 heavy (non-hydrogen) atoms. The van der Waals surface area contributed by atoms with Crippen LogP contribution < -0.4 is 0 Å². The molecule has 0 aromatic carbocycles. The molecule has 0 N–H and O–H groups in total. The third-order valence-electron chi connectivity index (χ3n) is 2.82. The van der Waals surface area contributed by atoms with Crippen molar-refractivity contribution in [3.63, 3.8) is 0 Å². The van der Waals surface area contributed by atoms with Gasteiger partial charge in [-0.05, 0) is 17.9 Å². The molecule has 0 amide bonds. The molecule has 0 aliphatic rings. The second-order valence-electron chi connectivity index (χ2n) is 4.61. The smallest absolute Gasteiger partial charge is 0.268 e. The molecule has 0 bridgehead atoms. The third kappa shape index (κ3) is 3.60. The van der Waals surface area contributed by atoms with E-state index in [1.54, 1.807) is 5.38 Å². The quantitative estimate of drug-likeness (QED) is 0.676. The highest BCUT2D eigenvalue weighted by molar-refractivity contribution is 7.89. The van der Waals surface area contributed by atoms with E-state index in [1.165, 1.54) is 22.7 Å². The second kappa shape index (κ2) is 6.27. The number of aryl methyl sites for hydroxylation is 1. The van der Waals surface area contributed by atoms with Gasteiger partial charge in [0.15, 0.2) is 15.7 Å². The zero-order valence-corrected chi connectivity index (χ0v) is 14.2. The summed E-state index contributed by atoms with van der Waals surface area (Å²) >= 11 is 2.94. The number of thiophene rings is 1. The van der Waals surface area contributed by atoms with Crippen molar-refractivity contribution in [3.05, 3.63) is 39.4 Å². The predicted molar refractivity (Wildman–Crippen MR) is 85.4 cm³/mol. The van der Waals surface area contributed by atoms with E-state index >= 15 is 0 Å². The maximum Gasteiger partial charge on any atom is 0.268 e. The molecule has 9 heteroatoms. The Bertz CT molecular complexity index is 850. The monoisotopic (exact) mass is 355 g/mol. The average Bonchev–Trinajstić information content (AvgIpc) is 3.17. The molecular weight excluding hydrogens is 342 g/mol. The molecule has 0 radical (unpaired) electrons. The topological polar surface area (TPSA) is 86.0 Å². The minimum absolute atomic E-state index is 0.105. The van der Waals surface area contributed by atoms with Crippen molar-refractivity contribution in [2.45, 2.75) is 24.9 Å². The van der Waals surface area contributed by atoms with Crippen LogP contribution in [-0.4, -0.2) is 23.5 Å². The van der Waals surface area contributed by atoms with Crippen molar-refractivity contribution in [2.75, 3.05) is 0 Å². The normalized spacial score (nSPS) is 11.9. The summed E-state index contributed by atoms with van der Waals surface area (Å²) in [5.74, 6) is 0.171. The number of aromatic nitrogens is 3. The summed E-state index contributed by atoms with van der Waals surface area (Å²) in [5, 5.41) is 8.35. The van der Waals surface area contributed by atoms with Gasteiger partial charge in [0, 0.05) is 5.38 Å². The molecule has 6 nitrogen and oxygen atoms in total. The van der Waals surface area contributed by atoms with Gasteiger partial charge in [-0.2, -0.15) is 4.98 Å². The van der Waals surface area contributed by atoms with Crippen LogP contribution in [0.4, 0.5) is 0 Å². The fraction of sp³-hybridized carbons (Fsp3) is 0.308. The fourth-order valence-corrected chi connectivity index (χ4v) is 4.57. The lowest BCUT2D eigenvalue weighted by molar-refractivity contribution is 0.425. The summed E-state index contributed by atoms with van der Waals surface area (Å²) in [6, 6.07) is 3.71. The predicted octanol–water partition coefficient (Wildman–Crippen LogP) is 2.93. The number of sulfone groups is 1. The van der Waals surface area contributed by atoms with E-state index in [4.69, 9.17) is 4.52 Å². The molecule has 0 aliphatic carbocycles. The first-order chi connectivity index (χ1) is 10.6. The maximum absolute atomic E-state index is 12.2. The Morgan fingerprint density at radius 3 is 2.77 bits per heavy atom. The number of hydrogen-bond donors (Lipinski definition) is 0. The molecule has 0 atom stereocenters. The van der Waals surface area contributed by atoms with Crippen molar-refractivity contribution in [2.24, 2.45) is 0 Å². The summed E-state index contributed by atoms with van der Waals surface area (Å²) in [7, 11) is -3.38. The van der Waals surface area contributed by atoms with Gasteiger partial charge in [0.05, 0.1) is 21.3 Å². The van der Waals surface area contributed by atoms with Crippen LogP contribution in [-0.2, 0) is 27.8 Å². The van der Waals surface area contributed by atoms with Crippen molar-refractivity contribution >= 4 is 32.5 Å². The fourth-order valence-electron chi connectivity index (χ4n) is 1.86. The van der Waals surface area contributed by atoms with Crippen LogP contribution in [0.3, 0.4) is 0 Å². The number of hydrogen-bond acceptors (Lipinski definition) is 8. The van der Waals surface area contributed by atoms with Crippen LogP contribution in [0.15, 0.2) is 27.4 Å². The molecule has 0 saturated heterocycles. The summed E-state index contributed by atoms with van der Waals surface area (Å²) in [5.41, 5.74) is 0.573. The minimum atomic E-state index is -3.38. The molecule has 3 rings (SSSR count). The Balaban J connectivity index is 1.71. The van der Waals surface area contributed by atoms with Crippen LogP contribution in [0.2, 0.25) is 0 Å². The highest BCUT2D eigenvalue weighted by Crippen LogP contribution is 2.23. The van der Waals surface area contributed by atoms with Crippen LogP contribution >= 0.6 is 22.7 Å². The van der Waals surface area contributed by atoms with Gasteiger partial charge in [0.1, 0.15) is 5.75 Å². The Hall–Kier alpha value is -1.58. The molecule has 116 valence electrons. The standard InChI is InChI=1S/C13H13N3O3S3/c1-2-12-14-9(6-21-12)7-22(17,18)8-11-15-13(19-16-11)10-4-3-5-20-10/h3-6H,2,7-8H2,1H3. The van der Waals surface area contributed by atoms with E-state index in [9.17, 15) is 8.42 Å². The number of thiazole rings is 1. The van der Waals surface area contributed by atoms with Crippen LogP contribution in [0.1, 0.15) is 23.4 Å². The van der Waals surface area contributed by atoms with Crippen molar-refractivity contribution in [1.82, 2.24) is 15.1 Å². The van der Waals surface area contributed by atoms with Crippen molar-refractivity contribution in [1.29, 1.82) is 0 Å². The molecule has 3 heterocycles. The molecule has 0 fully saturated rings. The second-order valence-corrected chi connectivity index (χ2v) is 8.57.